The molecule has 1 unspecified atom stereocenters. The van der Waals surface area contributed by atoms with Gasteiger partial charge in [0.2, 0.25) is 0 Å². The molecule has 2 aromatic carbocycles. The second-order valence-corrected chi connectivity index (χ2v) is 7.58. The van der Waals surface area contributed by atoms with Crippen molar-refractivity contribution < 1.29 is 33.7 Å². The van der Waals surface area contributed by atoms with Crippen molar-refractivity contribution in [2.45, 2.75) is 32.7 Å². The number of Topliss-reactive ketones (excluding diaryl/α,β-unsaturated/α-hetero) is 1. The van der Waals surface area contributed by atoms with Gasteiger partial charge in [0, 0.05) is 19.0 Å². The van der Waals surface area contributed by atoms with Crippen LogP contribution in [0.3, 0.4) is 0 Å². The second-order valence-electron chi connectivity index (χ2n) is 7.58. The van der Waals surface area contributed by atoms with E-state index in [4.69, 9.17) is 14.2 Å². The number of hydrogen-bond donors (Lipinski definition) is 1. The lowest BCUT2D eigenvalue weighted by molar-refractivity contribution is -0.139. The van der Waals surface area contributed by atoms with Crippen LogP contribution in [0.4, 0.5) is 0 Å². The Morgan fingerprint density at radius 3 is 2.27 bits per heavy atom. The molecule has 0 bridgehead atoms. The molecule has 1 aliphatic heterocycles. The smallest absolute Gasteiger partial charge is 0.308 e. The van der Waals surface area contributed by atoms with Crippen LogP contribution in [0.2, 0.25) is 0 Å². The Hall–Kier alpha value is -3.81. The number of ether oxygens (including phenoxy) is 3. The predicted molar refractivity (Wildman–Crippen MR) is 121 cm³/mol. The van der Waals surface area contributed by atoms with Gasteiger partial charge in [0.15, 0.2) is 11.5 Å². The number of likely N-dealkylation sites (tertiary alicyclic amines) is 1. The summed E-state index contributed by atoms with van der Waals surface area (Å²) >= 11 is 0. The van der Waals surface area contributed by atoms with E-state index in [2.05, 4.69) is 0 Å². The van der Waals surface area contributed by atoms with E-state index in [9.17, 15) is 19.5 Å². The fraction of sp³-hybridized carbons (Fsp3) is 0.320. The maximum atomic E-state index is 13.0. The molecule has 1 heterocycles. The normalized spacial score (nSPS) is 17.2. The fourth-order valence-electron chi connectivity index (χ4n) is 3.81. The monoisotopic (exact) mass is 453 g/mol. The summed E-state index contributed by atoms with van der Waals surface area (Å²) < 4.78 is 15.6. The van der Waals surface area contributed by atoms with Crippen molar-refractivity contribution in [3.63, 3.8) is 0 Å². The lowest BCUT2D eigenvalue weighted by Gasteiger charge is -2.25. The van der Waals surface area contributed by atoms with Gasteiger partial charge in [0.25, 0.3) is 11.7 Å². The van der Waals surface area contributed by atoms with E-state index >= 15 is 0 Å². The van der Waals surface area contributed by atoms with E-state index in [1.54, 1.807) is 42.5 Å². The minimum atomic E-state index is -0.781. The van der Waals surface area contributed by atoms with E-state index in [0.29, 0.717) is 41.3 Å². The molecule has 8 heteroatoms. The van der Waals surface area contributed by atoms with E-state index < -0.39 is 23.7 Å². The van der Waals surface area contributed by atoms with Crippen molar-refractivity contribution in [1.82, 2.24) is 4.90 Å². The molecule has 33 heavy (non-hydrogen) atoms. The Labute approximate surface area is 192 Å². The summed E-state index contributed by atoms with van der Waals surface area (Å²) in [5.74, 6) is -0.990. The third kappa shape index (κ3) is 4.84. The average Bonchev–Trinajstić information content (AvgIpc) is 3.06. The third-order valence-corrected chi connectivity index (χ3v) is 5.41. The topological polar surface area (TPSA) is 102 Å². The number of hydrogen-bond acceptors (Lipinski definition) is 7. The van der Waals surface area contributed by atoms with Crippen LogP contribution >= 0.6 is 0 Å². The lowest BCUT2D eigenvalue weighted by Crippen LogP contribution is -2.30. The Kier molecular flexibility index (Phi) is 7.37. The first-order valence-electron chi connectivity index (χ1n) is 10.6. The highest BCUT2D eigenvalue weighted by atomic mass is 16.5. The van der Waals surface area contributed by atoms with Crippen molar-refractivity contribution in [1.29, 1.82) is 0 Å². The number of unbranched alkanes of at least 4 members (excludes halogenated alkanes) is 1. The molecule has 8 nitrogen and oxygen atoms in total. The fourth-order valence-corrected chi connectivity index (χ4v) is 3.81. The molecule has 1 aliphatic rings. The third-order valence-electron chi connectivity index (χ3n) is 5.41. The number of carbonyl (C=O) groups excluding carboxylic acids is 3. The summed E-state index contributed by atoms with van der Waals surface area (Å²) in [6.45, 7) is 3.65. The van der Waals surface area contributed by atoms with Crippen LogP contribution in [0.5, 0.6) is 17.2 Å². The number of rotatable bonds is 8. The summed E-state index contributed by atoms with van der Waals surface area (Å²) in [6, 6.07) is 10.5. The Morgan fingerprint density at radius 1 is 1.03 bits per heavy atom. The van der Waals surface area contributed by atoms with Gasteiger partial charge in [0.1, 0.15) is 11.5 Å². The average molecular weight is 453 g/mol. The van der Waals surface area contributed by atoms with Gasteiger partial charge in [0.05, 0.1) is 25.8 Å². The highest BCUT2D eigenvalue weighted by molar-refractivity contribution is 6.46. The number of ketones is 1. The van der Waals surface area contributed by atoms with Crippen LogP contribution in [0.25, 0.3) is 5.76 Å². The molecule has 174 valence electrons. The van der Waals surface area contributed by atoms with Gasteiger partial charge >= 0.3 is 5.97 Å². The van der Waals surface area contributed by atoms with Gasteiger partial charge in [-0.05, 0) is 42.3 Å². The van der Waals surface area contributed by atoms with Crippen LogP contribution in [0, 0.1) is 0 Å². The number of carbonyl (C=O) groups is 3. The number of methoxy groups -OCH3 is 2. The second kappa shape index (κ2) is 10.2. The van der Waals surface area contributed by atoms with E-state index in [0.717, 1.165) is 6.42 Å². The van der Waals surface area contributed by atoms with Gasteiger partial charge < -0.3 is 24.2 Å². The summed E-state index contributed by atoms with van der Waals surface area (Å²) in [5, 5.41) is 11.2. The highest BCUT2D eigenvalue weighted by Crippen LogP contribution is 2.41. The minimum Gasteiger partial charge on any atom is -0.507 e. The predicted octanol–water partition coefficient (Wildman–Crippen LogP) is 3.85. The van der Waals surface area contributed by atoms with Crippen molar-refractivity contribution in [3.05, 3.63) is 59.2 Å². The zero-order valence-corrected chi connectivity index (χ0v) is 19.1. The van der Waals surface area contributed by atoms with E-state index in [1.807, 2.05) is 6.92 Å². The summed E-state index contributed by atoms with van der Waals surface area (Å²) in [6.07, 6.45) is 1.53. The number of esters is 1. The first-order chi connectivity index (χ1) is 15.8. The number of aliphatic hydroxyl groups excluding tert-OH is 1. The van der Waals surface area contributed by atoms with E-state index in [1.165, 1.54) is 26.0 Å². The van der Waals surface area contributed by atoms with E-state index in [-0.39, 0.29) is 11.3 Å². The molecule has 1 fully saturated rings. The maximum absolute atomic E-state index is 13.0. The molecule has 0 radical (unpaired) electrons. The number of amides is 1. The molecule has 0 aromatic heterocycles. The van der Waals surface area contributed by atoms with Crippen LogP contribution in [0.15, 0.2) is 48.0 Å². The molecule has 0 spiro atoms. The van der Waals surface area contributed by atoms with Crippen molar-refractivity contribution in [3.8, 4) is 17.2 Å². The van der Waals surface area contributed by atoms with Crippen LogP contribution in [-0.4, -0.2) is 48.4 Å². The van der Waals surface area contributed by atoms with Crippen molar-refractivity contribution in [2.24, 2.45) is 0 Å². The molecule has 3 rings (SSSR count). The summed E-state index contributed by atoms with van der Waals surface area (Å²) in [7, 11) is 2.96. The molecule has 2 aromatic rings. The van der Waals surface area contributed by atoms with Gasteiger partial charge in [-0.15, -0.1) is 0 Å². The first kappa shape index (κ1) is 23.8. The summed E-state index contributed by atoms with van der Waals surface area (Å²) in [5.41, 5.74) is 0.925. The largest absolute Gasteiger partial charge is 0.507 e. The Balaban J connectivity index is 2.13. The molecular weight excluding hydrogens is 426 g/mol. The van der Waals surface area contributed by atoms with Crippen molar-refractivity contribution in [2.75, 3.05) is 20.8 Å². The first-order valence-corrected chi connectivity index (χ1v) is 10.6. The van der Waals surface area contributed by atoms with Crippen molar-refractivity contribution >= 4 is 23.4 Å². The molecule has 0 saturated carbocycles. The lowest BCUT2D eigenvalue weighted by atomic mass is 9.95. The van der Waals surface area contributed by atoms with Gasteiger partial charge in [-0.25, -0.2) is 0 Å². The van der Waals surface area contributed by atoms with Crippen LogP contribution < -0.4 is 14.2 Å². The van der Waals surface area contributed by atoms with Gasteiger partial charge in [-0.3, -0.25) is 14.4 Å². The molecule has 0 aliphatic carbocycles. The zero-order valence-electron chi connectivity index (χ0n) is 19.1. The molecule has 1 amide bonds. The SMILES string of the molecule is CCCCN1C(=O)C(=O)/C(=C(\O)c2ccc(OC)c(OC)c2)C1c1ccc(OC(C)=O)cc1. The molecule has 1 N–H and O–H groups in total. The van der Waals surface area contributed by atoms with Crippen LogP contribution in [0.1, 0.15) is 43.9 Å². The zero-order chi connectivity index (χ0) is 24.1. The molecule has 1 atom stereocenters. The number of nitrogens with zero attached hydrogens (tertiary/aromatic N) is 1. The number of aliphatic hydroxyl groups is 1. The van der Waals surface area contributed by atoms with Gasteiger partial charge in [-0.1, -0.05) is 25.5 Å². The highest BCUT2D eigenvalue weighted by Gasteiger charge is 2.45. The van der Waals surface area contributed by atoms with Gasteiger partial charge in [-0.2, -0.15) is 0 Å². The molecular formula is C25H27NO7. The molecule has 1 saturated heterocycles. The Morgan fingerprint density at radius 2 is 1.70 bits per heavy atom. The standard InChI is InChI=1S/C25H27NO7/c1-5-6-13-26-22(16-7-10-18(11-8-16)33-15(2)27)21(24(29)25(26)30)23(28)17-9-12-19(31-3)20(14-17)32-4/h7-12,14,22,28H,5-6,13H2,1-4H3/b23-21-. The number of benzene rings is 2. The Bertz CT molecular complexity index is 1090. The maximum Gasteiger partial charge on any atom is 0.308 e. The van der Waals surface area contributed by atoms with Crippen LogP contribution in [-0.2, 0) is 14.4 Å². The minimum absolute atomic E-state index is 0.0106. The quantitative estimate of drug-likeness (QED) is 0.213. The summed E-state index contributed by atoms with van der Waals surface area (Å²) in [4.78, 5) is 38.6.